The van der Waals surface area contributed by atoms with Gasteiger partial charge >= 0.3 is 0 Å². The van der Waals surface area contributed by atoms with E-state index in [1.165, 1.54) is 33.0 Å². The summed E-state index contributed by atoms with van der Waals surface area (Å²) in [4.78, 5) is 0. The van der Waals surface area contributed by atoms with Crippen LogP contribution < -0.4 is 0 Å². The molecule has 0 spiro atoms. The van der Waals surface area contributed by atoms with Gasteiger partial charge in [-0.2, -0.15) is 0 Å². The molecular formula is C18H12O2S. The summed E-state index contributed by atoms with van der Waals surface area (Å²) in [6.07, 6.45) is 0. The van der Waals surface area contributed by atoms with E-state index in [-0.39, 0.29) is 11.5 Å². The van der Waals surface area contributed by atoms with Crippen LogP contribution in [-0.2, 0) is 21.3 Å². The van der Waals surface area contributed by atoms with Crippen LogP contribution in [0.3, 0.4) is 0 Å². The lowest BCUT2D eigenvalue weighted by Crippen LogP contribution is -1.95. The molecule has 0 saturated carbocycles. The van der Waals surface area contributed by atoms with Gasteiger partial charge in [0, 0.05) is 0 Å². The minimum absolute atomic E-state index is 0.182. The fourth-order valence-corrected chi connectivity index (χ4v) is 5.31. The number of hydrogen-bond acceptors (Lipinski definition) is 2. The van der Waals surface area contributed by atoms with Crippen molar-refractivity contribution in [1.29, 1.82) is 0 Å². The second-order valence-electron chi connectivity index (χ2n) is 5.91. The topological polar surface area (TPSA) is 34.1 Å². The Morgan fingerprint density at radius 2 is 1.24 bits per heavy atom. The van der Waals surface area contributed by atoms with Crippen LogP contribution in [0.4, 0.5) is 0 Å². The van der Waals surface area contributed by atoms with Crippen LogP contribution in [0.1, 0.15) is 11.1 Å². The van der Waals surface area contributed by atoms with E-state index < -0.39 is 9.84 Å². The molecule has 3 aromatic carbocycles. The monoisotopic (exact) mass is 292 g/mol. The second-order valence-corrected chi connectivity index (χ2v) is 7.97. The van der Waals surface area contributed by atoms with Crippen molar-refractivity contribution in [3.63, 3.8) is 0 Å². The van der Waals surface area contributed by atoms with Gasteiger partial charge in [0.05, 0.1) is 11.5 Å². The molecule has 3 heteroatoms. The first-order valence-corrected chi connectivity index (χ1v) is 8.83. The first-order chi connectivity index (χ1) is 10.1. The zero-order valence-corrected chi connectivity index (χ0v) is 12.1. The highest BCUT2D eigenvalue weighted by Crippen LogP contribution is 2.48. The molecular weight excluding hydrogens is 280 g/mol. The Labute approximate surface area is 123 Å². The van der Waals surface area contributed by atoms with E-state index in [4.69, 9.17) is 0 Å². The average Bonchev–Trinajstić information content (AvgIpc) is 2.92. The van der Waals surface area contributed by atoms with E-state index in [2.05, 4.69) is 48.5 Å². The zero-order chi connectivity index (χ0) is 14.2. The fraction of sp³-hybridized carbons (Fsp3) is 0.111. The van der Waals surface area contributed by atoms with Gasteiger partial charge in [-0.1, -0.05) is 36.4 Å². The van der Waals surface area contributed by atoms with E-state index in [1.807, 2.05) is 0 Å². The fourth-order valence-electron chi connectivity index (χ4n) is 3.72. The van der Waals surface area contributed by atoms with Crippen LogP contribution in [0.5, 0.6) is 0 Å². The summed E-state index contributed by atoms with van der Waals surface area (Å²) in [5.74, 6) is 0.365. The Kier molecular flexibility index (Phi) is 1.95. The standard InChI is InChI=1S/C18H12O2S/c19-21(20)9-12-7-16-14-5-1-3-11-4-2-6-15(18(11)14)17(16)8-13(12)10-21/h1-8H,9-10H2. The molecule has 1 aliphatic carbocycles. The molecule has 0 bridgehead atoms. The molecule has 0 fully saturated rings. The molecule has 0 amide bonds. The highest BCUT2D eigenvalue weighted by molar-refractivity contribution is 7.90. The van der Waals surface area contributed by atoms with Crippen LogP contribution in [0, 0.1) is 0 Å². The van der Waals surface area contributed by atoms with Crippen molar-refractivity contribution in [2.24, 2.45) is 0 Å². The molecule has 102 valence electrons. The molecule has 21 heavy (non-hydrogen) atoms. The molecule has 3 aromatic rings. The highest BCUT2D eigenvalue weighted by Gasteiger charge is 2.29. The molecule has 0 saturated heterocycles. The highest BCUT2D eigenvalue weighted by atomic mass is 32.2. The van der Waals surface area contributed by atoms with Crippen molar-refractivity contribution in [3.8, 4) is 22.3 Å². The minimum Gasteiger partial charge on any atom is -0.228 e. The lowest BCUT2D eigenvalue weighted by atomic mass is 9.98. The van der Waals surface area contributed by atoms with Crippen LogP contribution in [0.15, 0.2) is 48.5 Å². The Hall–Kier alpha value is -2.13. The van der Waals surface area contributed by atoms with Gasteiger partial charge in [0.2, 0.25) is 0 Å². The summed E-state index contributed by atoms with van der Waals surface area (Å²) < 4.78 is 23.7. The molecule has 2 nitrogen and oxygen atoms in total. The Morgan fingerprint density at radius 1 is 0.714 bits per heavy atom. The molecule has 0 radical (unpaired) electrons. The zero-order valence-electron chi connectivity index (χ0n) is 11.3. The maximum absolute atomic E-state index is 11.9. The summed E-state index contributed by atoms with van der Waals surface area (Å²) in [6, 6.07) is 16.8. The predicted molar refractivity (Wildman–Crippen MR) is 84.7 cm³/mol. The Morgan fingerprint density at radius 3 is 1.76 bits per heavy atom. The van der Waals surface area contributed by atoms with Gasteiger partial charge in [-0.05, 0) is 56.3 Å². The first kappa shape index (κ1) is 11.5. The Balaban J connectivity index is 1.90. The summed E-state index contributed by atoms with van der Waals surface area (Å²) in [5, 5.41) is 2.54. The van der Waals surface area contributed by atoms with Crippen molar-refractivity contribution < 1.29 is 8.42 Å². The quantitative estimate of drug-likeness (QED) is 0.492. The molecule has 2 aliphatic rings. The number of hydrogen-bond donors (Lipinski definition) is 0. The van der Waals surface area contributed by atoms with Gasteiger partial charge in [-0.25, -0.2) is 8.42 Å². The molecule has 1 aliphatic heterocycles. The predicted octanol–water partition coefficient (Wildman–Crippen LogP) is 3.92. The van der Waals surface area contributed by atoms with E-state index in [1.54, 1.807) is 0 Å². The van der Waals surface area contributed by atoms with Crippen LogP contribution >= 0.6 is 0 Å². The maximum Gasteiger partial charge on any atom is 0.158 e. The van der Waals surface area contributed by atoms with Gasteiger partial charge in [0.1, 0.15) is 0 Å². The molecule has 0 aromatic heterocycles. The molecule has 5 rings (SSSR count). The van der Waals surface area contributed by atoms with Crippen molar-refractivity contribution in [3.05, 3.63) is 59.7 Å². The van der Waals surface area contributed by atoms with E-state index in [0.717, 1.165) is 11.1 Å². The summed E-state index contributed by atoms with van der Waals surface area (Å²) in [7, 11) is -2.95. The summed E-state index contributed by atoms with van der Waals surface area (Å²) in [5.41, 5.74) is 6.75. The van der Waals surface area contributed by atoms with Crippen LogP contribution in [0.2, 0.25) is 0 Å². The van der Waals surface area contributed by atoms with Crippen molar-refractivity contribution in [2.45, 2.75) is 11.5 Å². The maximum atomic E-state index is 11.9. The average molecular weight is 292 g/mol. The van der Waals surface area contributed by atoms with Crippen molar-refractivity contribution in [1.82, 2.24) is 0 Å². The summed E-state index contributed by atoms with van der Waals surface area (Å²) >= 11 is 0. The molecule has 1 heterocycles. The smallest absolute Gasteiger partial charge is 0.158 e. The second kappa shape index (κ2) is 3.55. The van der Waals surface area contributed by atoms with Crippen molar-refractivity contribution >= 4 is 20.6 Å². The number of rotatable bonds is 0. The van der Waals surface area contributed by atoms with Crippen LogP contribution in [-0.4, -0.2) is 8.42 Å². The number of benzene rings is 3. The number of fused-ring (bicyclic) bond motifs is 4. The van der Waals surface area contributed by atoms with Gasteiger partial charge in [-0.15, -0.1) is 0 Å². The normalized spacial score (nSPS) is 17.0. The summed E-state index contributed by atoms with van der Waals surface area (Å²) in [6.45, 7) is 0. The molecule has 0 atom stereocenters. The largest absolute Gasteiger partial charge is 0.228 e. The minimum atomic E-state index is -2.95. The molecule has 0 unspecified atom stereocenters. The SMILES string of the molecule is O=S1(=O)Cc2cc3c(cc2C1)-c1cccc2cccc-3c12. The van der Waals surface area contributed by atoms with Crippen molar-refractivity contribution in [2.75, 3.05) is 0 Å². The van der Waals surface area contributed by atoms with Gasteiger partial charge in [0.25, 0.3) is 0 Å². The molecule has 0 N–H and O–H groups in total. The third kappa shape index (κ3) is 1.44. The van der Waals surface area contributed by atoms with Gasteiger partial charge in [-0.3, -0.25) is 0 Å². The van der Waals surface area contributed by atoms with E-state index >= 15 is 0 Å². The first-order valence-electron chi connectivity index (χ1n) is 7.01. The third-order valence-electron chi connectivity index (χ3n) is 4.58. The van der Waals surface area contributed by atoms with Gasteiger partial charge in [0.15, 0.2) is 9.84 Å². The van der Waals surface area contributed by atoms with Gasteiger partial charge < -0.3 is 0 Å². The van der Waals surface area contributed by atoms with E-state index in [0.29, 0.717) is 0 Å². The third-order valence-corrected chi connectivity index (χ3v) is 6.08. The lowest BCUT2D eigenvalue weighted by molar-refractivity contribution is 0.598. The number of sulfone groups is 1. The Bertz CT molecular complexity index is 972. The van der Waals surface area contributed by atoms with Crippen LogP contribution in [0.25, 0.3) is 33.0 Å². The lowest BCUT2D eigenvalue weighted by Gasteiger charge is -2.05. The van der Waals surface area contributed by atoms with E-state index in [9.17, 15) is 8.42 Å².